The molecule has 3 N–H and O–H groups in total. The molecule has 7 nitrogen and oxygen atoms in total. The van der Waals surface area contributed by atoms with Crippen molar-refractivity contribution in [3.05, 3.63) is 53.6 Å². The van der Waals surface area contributed by atoms with Gasteiger partial charge >= 0.3 is 12.0 Å². The second-order valence-corrected chi connectivity index (χ2v) is 5.59. The Kier molecular flexibility index (Phi) is 2.86. The summed E-state index contributed by atoms with van der Waals surface area (Å²) >= 11 is 0. The largest absolute Gasteiger partial charge is 0.482 e. The van der Waals surface area contributed by atoms with Gasteiger partial charge in [0.1, 0.15) is 5.75 Å². The van der Waals surface area contributed by atoms with Gasteiger partial charge in [-0.3, -0.25) is 10.1 Å². The molecule has 3 amide bonds. The molecule has 1 atom stereocenters. The normalized spacial score (nSPS) is 20.3. The fraction of sp³-hybridized carbons (Fsp3) is 0.118. The van der Waals surface area contributed by atoms with E-state index in [0.29, 0.717) is 16.9 Å². The van der Waals surface area contributed by atoms with Crippen LogP contribution in [0.25, 0.3) is 11.1 Å². The van der Waals surface area contributed by atoms with Gasteiger partial charge in [0.2, 0.25) is 0 Å². The van der Waals surface area contributed by atoms with E-state index in [1.807, 2.05) is 12.1 Å². The Morgan fingerprint density at radius 2 is 1.83 bits per heavy atom. The molecule has 1 aliphatic carbocycles. The summed E-state index contributed by atoms with van der Waals surface area (Å²) < 4.78 is 5.21. The van der Waals surface area contributed by atoms with Crippen LogP contribution in [0.1, 0.15) is 11.1 Å². The summed E-state index contributed by atoms with van der Waals surface area (Å²) in [5.74, 6) is -1.24. The van der Waals surface area contributed by atoms with Crippen LogP contribution >= 0.6 is 0 Å². The van der Waals surface area contributed by atoms with Gasteiger partial charge in [-0.1, -0.05) is 30.3 Å². The fourth-order valence-corrected chi connectivity index (χ4v) is 3.33. The van der Waals surface area contributed by atoms with Gasteiger partial charge < -0.3 is 15.2 Å². The molecular formula is C17H12N2O5. The zero-order chi connectivity index (χ0) is 16.9. The second-order valence-electron chi connectivity index (χ2n) is 5.59. The highest BCUT2D eigenvalue weighted by Crippen LogP contribution is 2.49. The summed E-state index contributed by atoms with van der Waals surface area (Å²) in [7, 11) is 0. The molecule has 1 aliphatic heterocycles. The Morgan fingerprint density at radius 1 is 1.08 bits per heavy atom. The molecule has 1 fully saturated rings. The molecule has 2 aliphatic rings. The van der Waals surface area contributed by atoms with Crippen LogP contribution in [0, 0.1) is 0 Å². The van der Waals surface area contributed by atoms with E-state index < -0.39 is 30.1 Å². The van der Waals surface area contributed by atoms with Gasteiger partial charge in [-0.05, 0) is 28.8 Å². The summed E-state index contributed by atoms with van der Waals surface area (Å²) in [6.07, 6.45) is 0. The molecule has 1 heterocycles. The lowest BCUT2D eigenvalue weighted by molar-refractivity contribution is -0.139. The maximum atomic E-state index is 12.6. The predicted octanol–water partition coefficient (Wildman–Crippen LogP) is 1.21. The number of carbonyl (C=O) groups is 3. The zero-order valence-electron chi connectivity index (χ0n) is 12.3. The Balaban J connectivity index is 1.90. The van der Waals surface area contributed by atoms with Crippen LogP contribution in [0.5, 0.6) is 5.75 Å². The third-order valence-electron chi connectivity index (χ3n) is 4.25. The van der Waals surface area contributed by atoms with Crippen molar-refractivity contribution in [1.29, 1.82) is 0 Å². The average molecular weight is 324 g/mol. The van der Waals surface area contributed by atoms with Gasteiger partial charge in [0.15, 0.2) is 12.1 Å². The highest BCUT2D eigenvalue weighted by molar-refractivity contribution is 6.13. The quantitative estimate of drug-likeness (QED) is 0.736. The number of fused-ring (bicyclic) bond motifs is 5. The minimum absolute atomic E-state index is 0.317. The van der Waals surface area contributed by atoms with E-state index in [4.69, 9.17) is 9.84 Å². The topological polar surface area (TPSA) is 105 Å². The van der Waals surface area contributed by atoms with Crippen LogP contribution in [-0.2, 0) is 15.1 Å². The van der Waals surface area contributed by atoms with Crippen LogP contribution in [0.2, 0.25) is 0 Å². The van der Waals surface area contributed by atoms with Gasteiger partial charge in [-0.2, -0.15) is 0 Å². The Hall–Kier alpha value is -3.35. The first kappa shape index (κ1) is 14.3. The van der Waals surface area contributed by atoms with Crippen LogP contribution in [0.3, 0.4) is 0 Å². The standard InChI is InChI=1S/C17H12N2O5/c20-14(21)8-24-9-5-6-11-10-3-1-2-4-12(10)17(13(11)7-9)15(22)18-16(23)19-17/h1-7H,8H2,(H,20,21)(H2,18,19,22,23). The first-order chi connectivity index (χ1) is 11.5. The molecule has 2 aromatic rings. The maximum absolute atomic E-state index is 12.6. The molecule has 0 bridgehead atoms. The summed E-state index contributed by atoms with van der Waals surface area (Å²) in [5, 5.41) is 13.7. The van der Waals surface area contributed by atoms with Crippen molar-refractivity contribution in [2.75, 3.05) is 6.61 Å². The summed E-state index contributed by atoms with van der Waals surface area (Å²) in [6.45, 7) is -0.489. The Labute approximate surface area is 136 Å². The second kappa shape index (κ2) is 4.82. The van der Waals surface area contributed by atoms with E-state index in [-0.39, 0.29) is 0 Å². The first-order valence-electron chi connectivity index (χ1n) is 7.25. The minimum Gasteiger partial charge on any atom is -0.482 e. The number of carbonyl (C=O) groups excluding carboxylic acids is 2. The number of hydrogen-bond donors (Lipinski definition) is 3. The van der Waals surface area contributed by atoms with Crippen molar-refractivity contribution in [2.24, 2.45) is 0 Å². The Bertz CT molecular complexity index is 908. The van der Waals surface area contributed by atoms with Gasteiger partial charge in [0, 0.05) is 5.56 Å². The molecule has 1 unspecified atom stereocenters. The summed E-state index contributed by atoms with van der Waals surface area (Å²) in [5.41, 5.74) is 1.57. The highest BCUT2D eigenvalue weighted by Gasteiger charge is 2.54. The van der Waals surface area contributed by atoms with Crippen LogP contribution in [-0.4, -0.2) is 29.6 Å². The first-order valence-corrected chi connectivity index (χ1v) is 7.25. The average Bonchev–Trinajstić information content (AvgIpc) is 3.02. The van der Waals surface area contributed by atoms with Crippen molar-refractivity contribution in [1.82, 2.24) is 10.6 Å². The van der Waals surface area contributed by atoms with Crippen molar-refractivity contribution in [2.45, 2.75) is 5.54 Å². The molecule has 24 heavy (non-hydrogen) atoms. The fourth-order valence-electron chi connectivity index (χ4n) is 3.33. The van der Waals surface area contributed by atoms with Gasteiger partial charge in [-0.25, -0.2) is 9.59 Å². The number of hydrogen-bond acceptors (Lipinski definition) is 4. The number of ether oxygens (including phenoxy) is 1. The number of benzene rings is 2. The van der Waals surface area contributed by atoms with Crippen LogP contribution in [0.4, 0.5) is 4.79 Å². The van der Waals surface area contributed by atoms with Crippen LogP contribution < -0.4 is 15.4 Å². The molecule has 0 radical (unpaired) electrons. The molecule has 7 heteroatoms. The number of aliphatic carboxylic acids is 1. The van der Waals surface area contributed by atoms with Crippen molar-refractivity contribution in [3.8, 4) is 16.9 Å². The molecule has 1 spiro atoms. The maximum Gasteiger partial charge on any atom is 0.341 e. The lowest BCUT2D eigenvalue weighted by atomic mass is 9.87. The number of rotatable bonds is 3. The van der Waals surface area contributed by atoms with Gasteiger partial charge in [-0.15, -0.1) is 0 Å². The van der Waals surface area contributed by atoms with E-state index >= 15 is 0 Å². The van der Waals surface area contributed by atoms with Gasteiger partial charge in [0.25, 0.3) is 5.91 Å². The molecular weight excluding hydrogens is 312 g/mol. The molecule has 0 saturated carbocycles. The van der Waals surface area contributed by atoms with Crippen molar-refractivity contribution in [3.63, 3.8) is 0 Å². The number of nitrogens with one attached hydrogen (secondary N) is 2. The molecule has 1 saturated heterocycles. The van der Waals surface area contributed by atoms with E-state index in [1.165, 1.54) is 0 Å². The third-order valence-corrected chi connectivity index (χ3v) is 4.25. The third kappa shape index (κ3) is 1.81. The summed E-state index contributed by atoms with van der Waals surface area (Å²) in [4.78, 5) is 35.0. The van der Waals surface area contributed by atoms with E-state index in [1.54, 1.807) is 30.3 Å². The SMILES string of the molecule is O=C(O)COc1ccc2c(c1)C1(NC(=O)NC1=O)c1ccccc1-2. The number of urea groups is 1. The number of amides is 3. The molecule has 0 aromatic heterocycles. The number of carboxylic acid groups (broad SMARTS) is 1. The molecule has 120 valence electrons. The smallest absolute Gasteiger partial charge is 0.341 e. The van der Waals surface area contributed by atoms with Gasteiger partial charge in [0.05, 0.1) is 0 Å². The van der Waals surface area contributed by atoms with E-state index in [9.17, 15) is 14.4 Å². The molecule has 2 aromatic carbocycles. The molecule has 4 rings (SSSR count). The minimum atomic E-state index is -1.31. The number of carboxylic acids is 1. The predicted molar refractivity (Wildman–Crippen MR) is 82.5 cm³/mol. The lowest BCUT2D eigenvalue weighted by Gasteiger charge is -2.23. The number of imide groups is 1. The van der Waals surface area contributed by atoms with Crippen molar-refractivity contribution < 1.29 is 24.2 Å². The highest BCUT2D eigenvalue weighted by atomic mass is 16.5. The lowest BCUT2D eigenvalue weighted by Crippen LogP contribution is -2.43. The monoisotopic (exact) mass is 324 g/mol. The zero-order valence-corrected chi connectivity index (χ0v) is 12.3. The van der Waals surface area contributed by atoms with E-state index in [0.717, 1.165) is 11.1 Å². The summed E-state index contributed by atoms with van der Waals surface area (Å²) in [6, 6.07) is 11.8. The van der Waals surface area contributed by atoms with Crippen LogP contribution in [0.15, 0.2) is 42.5 Å². The Morgan fingerprint density at radius 3 is 2.54 bits per heavy atom. The van der Waals surface area contributed by atoms with Crippen molar-refractivity contribution >= 4 is 17.9 Å². The van der Waals surface area contributed by atoms with E-state index in [2.05, 4.69) is 10.6 Å².